The molecule has 118 valence electrons. The quantitative estimate of drug-likeness (QED) is 0.764. The van der Waals surface area contributed by atoms with E-state index in [1.54, 1.807) is 44.2 Å². The molecule has 0 aliphatic carbocycles. The Hall–Kier alpha value is -2.27. The number of benzene rings is 1. The second-order valence-electron chi connectivity index (χ2n) is 5.59. The van der Waals surface area contributed by atoms with Gasteiger partial charge in [0.2, 0.25) is 5.91 Å². The topological polar surface area (TPSA) is 82.7 Å². The van der Waals surface area contributed by atoms with E-state index in [9.17, 15) is 15.0 Å². The van der Waals surface area contributed by atoms with Crippen molar-refractivity contribution in [2.45, 2.75) is 32.3 Å². The van der Waals surface area contributed by atoms with Gasteiger partial charge in [-0.25, -0.2) is 0 Å². The molecule has 0 saturated carbocycles. The number of phenolic OH excluding ortho intramolecular Hbond substituents is 1. The molecule has 1 heterocycles. The van der Waals surface area contributed by atoms with Crippen molar-refractivity contribution in [1.82, 2.24) is 5.32 Å². The molecular weight excluding hydrogens is 282 g/mol. The summed E-state index contributed by atoms with van der Waals surface area (Å²) in [5.74, 6) is 1.13. The van der Waals surface area contributed by atoms with E-state index in [1.165, 1.54) is 0 Å². The molecular formula is C17H21NO4. The molecule has 0 spiro atoms. The van der Waals surface area contributed by atoms with Crippen LogP contribution < -0.4 is 5.32 Å². The fourth-order valence-corrected chi connectivity index (χ4v) is 2.14. The van der Waals surface area contributed by atoms with Gasteiger partial charge in [0.25, 0.3) is 0 Å². The van der Waals surface area contributed by atoms with Crippen molar-refractivity contribution in [2.75, 3.05) is 6.54 Å². The third-order valence-electron chi connectivity index (χ3n) is 3.51. The van der Waals surface area contributed by atoms with Gasteiger partial charge in [0, 0.05) is 6.42 Å². The molecule has 0 aliphatic rings. The fraction of sp³-hybridized carbons (Fsp3) is 0.353. The van der Waals surface area contributed by atoms with Crippen molar-refractivity contribution in [3.63, 3.8) is 0 Å². The van der Waals surface area contributed by atoms with Crippen LogP contribution in [0.25, 0.3) is 0 Å². The fourth-order valence-electron chi connectivity index (χ4n) is 2.14. The van der Waals surface area contributed by atoms with E-state index < -0.39 is 5.60 Å². The number of hydrogen-bond donors (Lipinski definition) is 3. The molecule has 1 amide bonds. The molecule has 0 radical (unpaired) electrons. The van der Waals surface area contributed by atoms with Gasteiger partial charge in [-0.15, -0.1) is 0 Å². The summed E-state index contributed by atoms with van der Waals surface area (Å²) in [4.78, 5) is 11.9. The van der Waals surface area contributed by atoms with Crippen LogP contribution in [0.1, 0.15) is 30.4 Å². The average molecular weight is 303 g/mol. The number of hydrogen-bond acceptors (Lipinski definition) is 4. The maximum atomic E-state index is 11.9. The first kappa shape index (κ1) is 16.1. The average Bonchev–Trinajstić information content (AvgIpc) is 2.92. The molecule has 1 aromatic carbocycles. The van der Waals surface area contributed by atoms with Crippen molar-refractivity contribution in [3.8, 4) is 5.75 Å². The van der Waals surface area contributed by atoms with Crippen molar-refractivity contribution >= 4 is 5.91 Å². The molecule has 5 heteroatoms. The van der Waals surface area contributed by atoms with Gasteiger partial charge >= 0.3 is 0 Å². The summed E-state index contributed by atoms with van der Waals surface area (Å²) in [6.07, 6.45) is 0.686. The van der Waals surface area contributed by atoms with Gasteiger partial charge in [-0.05, 0) is 44.0 Å². The lowest BCUT2D eigenvalue weighted by Crippen LogP contribution is -2.38. The van der Waals surface area contributed by atoms with E-state index in [0.717, 1.165) is 5.56 Å². The van der Waals surface area contributed by atoms with Crippen LogP contribution in [0, 0.1) is 6.92 Å². The largest absolute Gasteiger partial charge is 0.508 e. The Balaban J connectivity index is 1.84. The Morgan fingerprint density at radius 1 is 1.27 bits per heavy atom. The molecule has 1 atom stereocenters. The highest BCUT2D eigenvalue weighted by molar-refractivity contribution is 5.76. The number of rotatable bonds is 6. The number of aryl methyl sites for hydroxylation is 2. The molecule has 0 saturated heterocycles. The van der Waals surface area contributed by atoms with Crippen LogP contribution in [0.5, 0.6) is 5.75 Å². The molecule has 2 rings (SSSR count). The number of amides is 1. The number of aromatic hydroxyl groups is 1. The summed E-state index contributed by atoms with van der Waals surface area (Å²) in [6, 6.07) is 10.4. The summed E-state index contributed by atoms with van der Waals surface area (Å²) >= 11 is 0. The number of phenols is 1. The Morgan fingerprint density at radius 2 is 2.00 bits per heavy atom. The Morgan fingerprint density at radius 3 is 2.64 bits per heavy atom. The summed E-state index contributed by atoms with van der Waals surface area (Å²) < 4.78 is 5.39. The summed E-state index contributed by atoms with van der Waals surface area (Å²) in [6.45, 7) is 3.46. The lowest BCUT2D eigenvalue weighted by atomic mass is 10.0. The predicted octanol–water partition coefficient (Wildman–Crippen LogP) is 2.25. The lowest BCUT2D eigenvalue weighted by molar-refractivity contribution is -0.122. The second kappa shape index (κ2) is 6.66. The van der Waals surface area contributed by atoms with E-state index in [2.05, 4.69) is 5.32 Å². The minimum absolute atomic E-state index is 0.0690. The van der Waals surface area contributed by atoms with Crippen LogP contribution >= 0.6 is 0 Å². The van der Waals surface area contributed by atoms with Gasteiger partial charge in [0.15, 0.2) is 0 Å². The van der Waals surface area contributed by atoms with Crippen molar-refractivity contribution in [3.05, 3.63) is 53.5 Å². The first-order chi connectivity index (χ1) is 10.4. The minimum atomic E-state index is -1.25. The van der Waals surface area contributed by atoms with E-state index in [-0.39, 0.29) is 24.6 Å². The zero-order valence-electron chi connectivity index (χ0n) is 12.8. The molecule has 0 aliphatic heterocycles. The van der Waals surface area contributed by atoms with E-state index in [1.807, 2.05) is 6.07 Å². The molecule has 3 N–H and O–H groups in total. The predicted molar refractivity (Wildman–Crippen MR) is 82.5 cm³/mol. The van der Waals surface area contributed by atoms with Gasteiger partial charge < -0.3 is 19.9 Å². The summed E-state index contributed by atoms with van der Waals surface area (Å²) in [7, 11) is 0. The highest BCUT2D eigenvalue weighted by atomic mass is 16.4. The van der Waals surface area contributed by atoms with Gasteiger partial charge in [-0.3, -0.25) is 4.79 Å². The zero-order chi connectivity index (χ0) is 16.2. The number of carbonyl (C=O) groups is 1. The second-order valence-corrected chi connectivity index (χ2v) is 5.59. The van der Waals surface area contributed by atoms with Crippen LogP contribution in [0.15, 0.2) is 40.8 Å². The molecule has 1 unspecified atom stereocenters. The van der Waals surface area contributed by atoms with Gasteiger partial charge in [0.05, 0.1) is 6.54 Å². The highest BCUT2D eigenvalue weighted by Gasteiger charge is 2.27. The maximum Gasteiger partial charge on any atom is 0.220 e. The highest BCUT2D eigenvalue weighted by Crippen LogP contribution is 2.22. The maximum absolute atomic E-state index is 11.9. The summed E-state index contributed by atoms with van der Waals surface area (Å²) in [5, 5.41) is 22.7. The lowest BCUT2D eigenvalue weighted by Gasteiger charge is -2.21. The number of nitrogens with one attached hydrogen (secondary N) is 1. The Bertz CT molecular complexity index is 646. The SMILES string of the molecule is Cc1ccc(C(C)(O)CNC(=O)CCc2ccccc2O)o1. The molecule has 1 aromatic heterocycles. The number of carbonyl (C=O) groups excluding carboxylic acids is 1. The monoisotopic (exact) mass is 303 g/mol. The number of para-hydroxylation sites is 1. The van der Waals surface area contributed by atoms with E-state index >= 15 is 0 Å². The standard InChI is InChI=1S/C17H21NO4/c1-12-7-9-15(22-12)17(2,21)11-18-16(20)10-8-13-5-3-4-6-14(13)19/h3-7,9,19,21H,8,10-11H2,1-2H3,(H,18,20). The Labute approximate surface area is 129 Å². The van der Waals surface area contributed by atoms with Crippen molar-refractivity contribution in [1.29, 1.82) is 0 Å². The van der Waals surface area contributed by atoms with Crippen LogP contribution in [0.3, 0.4) is 0 Å². The number of aliphatic hydroxyl groups is 1. The number of furan rings is 1. The van der Waals surface area contributed by atoms with Crippen molar-refractivity contribution in [2.24, 2.45) is 0 Å². The van der Waals surface area contributed by atoms with Gasteiger partial charge in [-0.2, -0.15) is 0 Å². The van der Waals surface area contributed by atoms with E-state index in [0.29, 0.717) is 17.9 Å². The Kier molecular flexibility index (Phi) is 4.88. The normalized spacial score (nSPS) is 13.6. The smallest absolute Gasteiger partial charge is 0.220 e. The molecule has 0 bridgehead atoms. The summed E-state index contributed by atoms with van der Waals surface area (Å²) in [5.41, 5.74) is -0.523. The van der Waals surface area contributed by atoms with Crippen LogP contribution in [0.2, 0.25) is 0 Å². The van der Waals surface area contributed by atoms with Gasteiger partial charge in [0.1, 0.15) is 22.9 Å². The molecule has 2 aromatic rings. The van der Waals surface area contributed by atoms with Gasteiger partial charge in [-0.1, -0.05) is 18.2 Å². The first-order valence-corrected chi connectivity index (χ1v) is 7.21. The third-order valence-corrected chi connectivity index (χ3v) is 3.51. The zero-order valence-corrected chi connectivity index (χ0v) is 12.8. The minimum Gasteiger partial charge on any atom is -0.508 e. The van der Waals surface area contributed by atoms with Crippen molar-refractivity contribution < 1.29 is 19.4 Å². The van der Waals surface area contributed by atoms with Crippen LogP contribution in [0.4, 0.5) is 0 Å². The molecule has 5 nitrogen and oxygen atoms in total. The molecule has 0 fully saturated rings. The van der Waals surface area contributed by atoms with Crippen LogP contribution in [-0.4, -0.2) is 22.7 Å². The first-order valence-electron chi connectivity index (χ1n) is 7.21. The van der Waals surface area contributed by atoms with E-state index in [4.69, 9.17) is 4.42 Å². The van der Waals surface area contributed by atoms with Crippen LogP contribution in [-0.2, 0) is 16.8 Å². The third kappa shape index (κ3) is 4.11. The molecule has 22 heavy (non-hydrogen) atoms.